The first kappa shape index (κ1) is 22.4. The van der Waals surface area contributed by atoms with Crippen molar-refractivity contribution in [3.63, 3.8) is 0 Å². The number of carbonyl (C=O) groups is 3. The number of aromatic nitrogens is 1. The average molecular weight is 509 g/mol. The Bertz CT molecular complexity index is 1600. The van der Waals surface area contributed by atoms with Crippen LogP contribution in [0, 0.1) is 0 Å². The lowest BCUT2D eigenvalue weighted by atomic mass is 9.86. The number of nitrogens with zero attached hydrogens (tertiary/aromatic N) is 2. The number of anilines is 1. The van der Waals surface area contributed by atoms with E-state index in [0.29, 0.717) is 23.6 Å². The molecule has 38 heavy (non-hydrogen) atoms. The van der Waals surface area contributed by atoms with Crippen LogP contribution in [0.2, 0.25) is 0 Å². The minimum absolute atomic E-state index is 0.144. The van der Waals surface area contributed by atoms with E-state index < -0.39 is 12.1 Å². The van der Waals surface area contributed by atoms with Crippen LogP contribution in [0.25, 0.3) is 10.9 Å². The molecular formula is C29H24N4O5. The number of amides is 3. The van der Waals surface area contributed by atoms with Gasteiger partial charge in [0, 0.05) is 28.7 Å². The van der Waals surface area contributed by atoms with Crippen molar-refractivity contribution in [3.05, 3.63) is 89.6 Å². The first-order valence-electron chi connectivity index (χ1n) is 12.5. The molecule has 9 heteroatoms. The number of aromatic amines is 1. The molecule has 0 radical (unpaired) electrons. The van der Waals surface area contributed by atoms with Gasteiger partial charge in [-0.1, -0.05) is 42.5 Å². The number of hydrogen-bond donors (Lipinski definition) is 2. The summed E-state index contributed by atoms with van der Waals surface area (Å²) in [7, 11) is 0. The van der Waals surface area contributed by atoms with Crippen LogP contribution in [-0.4, -0.2) is 58.4 Å². The number of nitrogens with one attached hydrogen (secondary N) is 2. The Kier molecular flexibility index (Phi) is 5.10. The molecule has 1 fully saturated rings. The zero-order valence-electron chi connectivity index (χ0n) is 20.3. The van der Waals surface area contributed by atoms with Crippen molar-refractivity contribution in [1.29, 1.82) is 0 Å². The van der Waals surface area contributed by atoms with Crippen molar-refractivity contribution >= 4 is 34.3 Å². The fraction of sp³-hybridized carbons (Fsp3) is 0.207. The van der Waals surface area contributed by atoms with Crippen molar-refractivity contribution in [2.45, 2.75) is 18.5 Å². The molecule has 3 aliphatic heterocycles. The lowest BCUT2D eigenvalue weighted by molar-refractivity contribution is -0.159. The highest BCUT2D eigenvalue weighted by molar-refractivity contribution is 6.01. The molecule has 7 rings (SSSR count). The summed E-state index contributed by atoms with van der Waals surface area (Å²) in [6, 6.07) is 21.4. The standard InChI is InChI=1S/C29H24N4O5/c34-25(30-18-6-2-1-3-7-18)14-32-15-26(35)33-22(29(32)36)13-20-19-8-4-5-9-21(19)31-27(20)28(33)17-10-11-23-24(12-17)38-16-37-23/h1-12,22,28,31H,13-16H2,(H,30,34)/t22-,28-/m1/s1. The molecule has 0 unspecified atom stereocenters. The van der Waals surface area contributed by atoms with Crippen LogP contribution in [0.5, 0.6) is 11.5 Å². The van der Waals surface area contributed by atoms with Gasteiger partial charge in [-0.15, -0.1) is 0 Å². The van der Waals surface area contributed by atoms with Crippen LogP contribution in [0.1, 0.15) is 22.9 Å². The third-order valence-electron chi connectivity index (χ3n) is 7.45. The van der Waals surface area contributed by atoms with Gasteiger partial charge in [-0.3, -0.25) is 14.4 Å². The maximum atomic E-state index is 13.8. The van der Waals surface area contributed by atoms with Crippen LogP contribution >= 0.6 is 0 Å². The highest BCUT2D eigenvalue weighted by Gasteiger charge is 2.48. The van der Waals surface area contributed by atoms with Crippen molar-refractivity contribution in [1.82, 2.24) is 14.8 Å². The maximum Gasteiger partial charge on any atom is 0.246 e. The number of piperazine rings is 1. The second-order valence-electron chi connectivity index (χ2n) is 9.71. The lowest BCUT2D eigenvalue weighted by Crippen LogP contribution is -2.63. The van der Waals surface area contributed by atoms with Gasteiger partial charge in [0.15, 0.2) is 11.5 Å². The topological polar surface area (TPSA) is 104 Å². The minimum atomic E-state index is -0.733. The first-order valence-corrected chi connectivity index (χ1v) is 12.5. The minimum Gasteiger partial charge on any atom is -0.454 e. The molecule has 3 amide bonds. The average Bonchev–Trinajstić information content (AvgIpc) is 3.55. The van der Waals surface area contributed by atoms with Gasteiger partial charge in [0.2, 0.25) is 24.5 Å². The molecule has 190 valence electrons. The molecule has 2 N–H and O–H groups in total. The fourth-order valence-electron chi connectivity index (χ4n) is 5.78. The van der Waals surface area contributed by atoms with Gasteiger partial charge in [0.1, 0.15) is 19.1 Å². The number of ether oxygens (including phenoxy) is 2. The normalized spacial score (nSPS) is 19.9. The predicted molar refractivity (Wildman–Crippen MR) is 139 cm³/mol. The highest BCUT2D eigenvalue weighted by Crippen LogP contribution is 2.44. The van der Waals surface area contributed by atoms with E-state index in [-0.39, 0.29) is 37.6 Å². The third kappa shape index (κ3) is 3.58. The zero-order chi connectivity index (χ0) is 25.8. The Hall–Kier alpha value is -4.79. The third-order valence-corrected chi connectivity index (χ3v) is 7.45. The van der Waals surface area contributed by atoms with Crippen LogP contribution in [-0.2, 0) is 20.8 Å². The Labute approximate surface area is 217 Å². The van der Waals surface area contributed by atoms with E-state index in [1.54, 1.807) is 17.0 Å². The van der Waals surface area contributed by atoms with Gasteiger partial charge in [-0.25, -0.2) is 0 Å². The molecule has 4 heterocycles. The second kappa shape index (κ2) is 8.65. The number of benzene rings is 3. The molecule has 0 bridgehead atoms. The summed E-state index contributed by atoms with van der Waals surface area (Å²) in [6.45, 7) is -0.224. The van der Waals surface area contributed by atoms with Crippen molar-refractivity contribution in [2.75, 3.05) is 25.2 Å². The number of rotatable bonds is 4. The second-order valence-corrected chi connectivity index (χ2v) is 9.71. The van der Waals surface area contributed by atoms with Crippen LogP contribution in [0.3, 0.4) is 0 Å². The Balaban J connectivity index is 1.26. The summed E-state index contributed by atoms with van der Waals surface area (Å²) in [5, 5.41) is 3.82. The molecule has 3 aliphatic rings. The molecule has 0 saturated carbocycles. The molecule has 4 aromatic rings. The van der Waals surface area contributed by atoms with Gasteiger partial charge >= 0.3 is 0 Å². The molecule has 9 nitrogen and oxygen atoms in total. The smallest absolute Gasteiger partial charge is 0.246 e. The van der Waals surface area contributed by atoms with E-state index in [9.17, 15) is 14.4 Å². The summed E-state index contributed by atoms with van der Waals surface area (Å²) in [5.74, 6) is 0.456. The predicted octanol–water partition coefficient (Wildman–Crippen LogP) is 3.22. The van der Waals surface area contributed by atoms with Gasteiger partial charge in [0.25, 0.3) is 0 Å². The Morgan fingerprint density at radius 2 is 1.76 bits per heavy atom. The molecule has 1 saturated heterocycles. The SMILES string of the molecule is O=C(CN1CC(=O)N2[C@H](c3ccc4c(c3)OCO4)c3[nH]c4ccccc4c3C[C@@H]2C1=O)Nc1ccccc1. The lowest BCUT2D eigenvalue weighted by Gasteiger charge is -2.46. The van der Waals surface area contributed by atoms with Crippen molar-refractivity contribution in [3.8, 4) is 11.5 Å². The summed E-state index contributed by atoms with van der Waals surface area (Å²) in [4.78, 5) is 46.8. The number of hydrogen-bond acceptors (Lipinski definition) is 5. The van der Waals surface area contributed by atoms with Gasteiger partial charge in [0.05, 0.1) is 6.04 Å². The number of H-pyrrole nitrogens is 1. The number of carbonyl (C=O) groups excluding carboxylic acids is 3. The summed E-state index contributed by atoms with van der Waals surface area (Å²) in [6.07, 6.45) is 0.363. The molecule has 0 spiro atoms. The van der Waals surface area contributed by atoms with Crippen molar-refractivity contribution < 1.29 is 23.9 Å². The molecule has 2 atom stereocenters. The highest BCUT2D eigenvalue weighted by atomic mass is 16.7. The van der Waals surface area contributed by atoms with Crippen molar-refractivity contribution in [2.24, 2.45) is 0 Å². The largest absolute Gasteiger partial charge is 0.454 e. The molecule has 1 aromatic heterocycles. The van der Waals surface area contributed by atoms with Crippen LogP contribution < -0.4 is 14.8 Å². The van der Waals surface area contributed by atoms with Gasteiger partial charge < -0.3 is 29.6 Å². The van der Waals surface area contributed by atoms with Gasteiger partial charge in [-0.05, 0) is 41.5 Å². The number of para-hydroxylation sites is 2. The van der Waals surface area contributed by atoms with E-state index in [0.717, 1.165) is 27.7 Å². The van der Waals surface area contributed by atoms with E-state index in [2.05, 4.69) is 10.3 Å². The van der Waals surface area contributed by atoms with Gasteiger partial charge in [-0.2, -0.15) is 0 Å². The van der Waals surface area contributed by atoms with E-state index >= 15 is 0 Å². The quantitative estimate of drug-likeness (QED) is 0.441. The monoisotopic (exact) mass is 508 g/mol. The van der Waals surface area contributed by atoms with E-state index in [4.69, 9.17) is 9.47 Å². The summed E-state index contributed by atoms with van der Waals surface area (Å²) >= 11 is 0. The van der Waals surface area contributed by atoms with Crippen LogP contribution in [0.15, 0.2) is 72.8 Å². The number of fused-ring (bicyclic) bond motifs is 5. The maximum absolute atomic E-state index is 13.8. The van der Waals surface area contributed by atoms with Crippen LogP contribution in [0.4, 0.5) is 5.69 Å². The molecule has 0 aliphatic carbocycles. The summed E-state index contributed by atoms with van der Waals surface area (Å²) < 4.78 is 11.1. The van der Waals surface area contributed by atoms with E-state index in [1.807, 2.05) is 60.7 Å². The molecule has 3 aromatic carbocycles. The Morgan fingerprint density at radius 3 is 2.63 bits per heavy atom. The fourth-order valence-corrected chi connectivity index (χ4v) is 5.78. The first-order chi connectivity index (χ1) is 18.6. The van der Waals surface area contributed by atoms with E-state index in [1.165, 1.54) is 4.90 Å². The zero-order valence-corrected chi connectivity index (χ0v) is 20.3. The summed E-state index contributed by atoms with van der Waals surface area (Å²) in [5.41, 5.74) is 4.29. The Morgan fingerprint density at radius 1 is 0.974 bits per heavy atom. The molecular weight excluding hydrogens is 484 g/mol.